The Morgan fingerprint density at radius 1 is 0.737 bits per heavy atom. The quantitative estimate of drug-likeness (QED) is 0.0584. The predicted octanol–water partition coefficient (Wildman–Crippen LogP) is 2.47. The van der Waals surface area contributed by atoms with Gasteiger partial charge in [-0.1, -0.05) is 13.2 Å². The molecule has 0 saturated heterocycles. The van der Waals surface area contributed by atoms with Gasteiger partial charge in [0.2, 0.25) is 0 Å². The second-order valence-corrected chi connectivity index (χ2v) is 7.41. The van der Waals surface area contributed by atoms with Gasteiger partial charge in [-0.2, -0.15) is 17.6 Å². The van der Waals surface area contributed by atoms with E-state index in [2.05, 4.69) is 32.1 Å². The minimum atomic E-state index is -4.56. The number of rotatable bonds is 20. The molecule has 0 spiro atoms. The van der Waals surface area contributed by atoms with E-state index < -0.39 is 56.2 Å². The maximum atomic E-state index is 13.6. The third-order valence-corrected chi connectivity index (χ3v) is 3.66. The van der Waals surface area contributed by atoms with E-state index >= 15 is 0 Å². The molecule has 0 rings (SSSR count). The van der Waals surface area contributed by atoms with Crippen LogP contribution in [0, 0.1) is 0 Å². The fraction of sp³-hybridized carbons (Fsp3) is 0.636. The molecular weight excluding hydrogens is 530 g/mol. The second kappa shape index (κ2) is 18.1. The minimum Gasteiger partial charge on any atom is -0.463 e. The van der Waals surface area contributed by atoms with E-state index in [1.807, 2.05) is 5.32 Å². The summed E-state index contributed by atoms with van der Waals surface area (Å²) >= 11 is 0. The number of hydrogen-bond acceptors (Lipinski definition) is 11. The van der Waals surface area contributed by atoms with E-state index in [-0.39, 0.29) is 57.0 Å². The van der Waals surface area contributed by atoms with Crippen molar-refractivity contribution in [3.63, 3.8) is 0 Å². The van der Waals surface area contributed by atoms with E-state index in [0.29, 0.717) is 0 Å². The van der Waals surface area contributed by atoms with Gasteiger partial charge in [0, 0.05) is 17.6 Å². The normalized spacial score (nSPS) is 11.3. The topological polar surface area (TPSA) is 145 Å². The van der Waals surface area contributed by atoms with Gasteiger partial charge in [-0.15, -0.1) is 0 Å². The molecule has 0 aliphatic heterocycles. The molecule has 0 saturated carbocycles. The maximum absolute atomic E-state index is 13.6. The number of nitrogens with one attached hydrogen (secondary N) is 1. The molecular formula is C22H31F4NO11. The molecule has 0 aromatic carbocycles. The number of hydrogen-bond donors (Lipinski definition) is 1. The molecule has 0 unspecified atom stereocenters. The number of alkyl carbamates (subject to hydrolysis) is 1. The highest BCUT2D eigenvalue weighted by Crippen LogP contribution is 2.27. The van der Waals surface area contributed by atoms with Crippen LogP contribution in [0.15, 0.2) is 24.3 Å². The lowest BCUT2D eigenvalue weighted by Gasteiger charge is -2.23. The summed E-state index contributed by atoms with van der Waals surface area (Å²) in [6.07, 6.45) is -10.3. The number of alkyl halides is 4. The summed E-state index contributed by atoms with van der Waals surface area (Å²) in [6, 6.07) is 0. The zero-order valence-corrected chi connectivity index (χ0v) is 21.0. The van der Waals surface area contributed by atoms with E-state index in [0.717, 1.165) is 0 Å². The number of halogens is 4. The molecule has 0 aliphatic rings. The molecule has 1 N–H and O–H groups in total. The molecule has 0 aromatic heterocycles. The Balaban J connectivity index is 3.95. The number of carbonyl (C=O) groups excluding carboxylic acids is 4. The van der Waals surface area contributed by atoms with Crippen LogP contribution >= 0.6 is 0 Å². The van der Waals surface area contributed by atoms with Crippen LogP contribution in [0.3, 0.4) is 0 Å². The lowest BCUT2D eigenvalue weighted by atomic mass is 10.3. The monoisotopic (exact) mass is 561 g/mol. The zero-order valence-electron chi connectivity index (χ0n) is 21.0. The molecule has 0 heterocycles. The van der Waals surface area contributed by atoms with Crippen LogP contribution in [0.2, 0.25) is 0 Å². The first kappa shape index (κ1) is 34.8. The molecule has 16 heteroatoms. The van der Waals surface area contributed by atoms with Gasteiger partial charge in [-0.3, -0.25) is 9.53 Å². The van der Waals surface area contributed by atoms with Gasteiger partial charge in [0.25, 0.3) is 0 Å². The maximum Gasteiger partial charge on any atom is 0.407 e. The summed E-state index contributed by atoms with van der Waals surface area (Å²) < 4.78 is 85.1. The number of esters is 3. The summed E-state index contributed by atoms with van der Waals surface area (Å²) in [4.78, 5) is 45.1. The van der Waals surface area contributed by atoms with Crippen LogP contribution in [-0.2, 0) is 47.5 Å². The molecule has 0 fully saturated rings. The van der Waals surface area contributed by atoms with Gasteiger partial charge in [0.1, 0.15) is 26.6 Å². The van der Waals surface area contributed by atoms with Gasteiger partial charge in [-0.05, 0) is 20.3 Å². The lowest BCUT2D eigenvalue weighted by Crippen LogP contribution is -2.41. The van der Waals surface area contributed by atoms with Crippen molar-refractivity contribution in [1.82, 2.24) is 5.32 Å². The third kappa shape index (κ3) is 18.9. The van der Waals surface area contributed by atoms with E-state index in [1.165, 1.54) is 13.8 Å². The van der Waals surface area contributed by atoms with Gasteiger partial charge >= 0.3 is 36.2 Å². The van der Waals surface area contributed by atoms with Gasteiger partial charge < -0.3 is 33.7 Å². The number of amides is 1. The van der Waals surface area contributed by atoms with E-state index in [1.54, 1.807) is 0 Å². The van der Waals surface area contributed by atoms with Crippen molar-refractivity contribution < 1.29 is 69.9 Å². The summed E-state index contributed by atoms with van der Waals surface area (Å²) in [5, 5.41) is 1.96. The summed E-state index contributed by atoms with van der Waals surface area (Å²) in [7, 11) is 0. The first-order valence-electron chi connectivity index (χ1n) is 11.0. The van der Waals surface area contributed by atoms with Gasteiger partial charge in [0.15, 0.2) is 6.61 Å². The Bertz CT molecular complexity index is 821. The molecule has 38 heavy (non-hydrogen) atoms. The van der Waals surface area contributed by atoms with E-state index in [9.17, 15) is 36.7 Å². The molecule has 0 radical (unpaired) electrons. The second-order valence-electron chi connectivity index (χ2n) is 7.41. The Labute approximate surface area is 216 Å². The van der Waals surface area contributed by atoms with Crippen LogP contribution in [0.25, 0.3) is 0 Å². The Hall–Kier alpha value is -3.24. The smallest absolute Gasteiger partial charge is 0.407 e. The van der Waals surface area contributed by atoms with Crippen LogP contribution < -0.4 is 5.32 Å². The van der Waals surface area contributed by atoms with Crippen molar-refractivity contribution in [3.8, 4) is 0 Å². The highest BCUT2D eigenvalue weighted by atomic mass is 19.3. The first-order chi connectivity index (χ1) is 17.6. The summed E-state index contributed by atoms with van der Waals surface area (Å²) in [5.41, 5.74) is 0.326. The first-order valence-corrected chi connectivity index (χ1v) is 11.0. The molecule has 0 aromatic rings. The van der Waals surface area contributed by atoms with E-state index in [4.69, 9.17) is 14.2 Å². The fourth-order valence-corrected chi connectivity index (χ4v) is 1.97. The van der Waals surface area contributed by atoms with Crippen LogP contribution in [0.4, 0.5) is 22.4 Å². The fourth-order valence-electron chi connectivity index (χ4n) is 1.97. The number of ether oxygens (including phenoxy) is 7. The Kier molecular flexibility index (Phi) is 16.5. The van der Waals surface area contributed by atoms with Crippen molar-refractivity contribution >= 4 is 24.0 Å². The molecule has 1 amide bonds. The van der Waals surface area contributed by atoms with Crippen molar-refractivity contribution in [2.45, 2.75) is 38.9 Å². The predicted molar refractivity (Wildman–Crippen MR) is 119 cm³/mol. The van der Waals surface area contributed by atoms with Gasteiger partial charge in [-0.25, -0.2) is 14.4 Å². The van der Waals surface area contributed by atoms with Gasteiger partial charge in [0.05, 0.1) is 19.8 Å². The summed E-state index contributed by atoms with van der Waals surface area (Å²) in [6.45, 7) is 4.29. The van der Waals surface area contributed by atoms with Crippen molar-refractivity contribution in [2.75, 3.05) is 53.0 Å². The molecule has 0 aliphatic carbocycles. The SMILES string of the molecule is C=C(C)C(=O)OCCCC(=O)OCCOCOCC(F)(F)OC(F)(F)COC(=O)NCCOC(=O)C(=C)C. The Morgan fingerprint density at radius 2 is 1.32 bits per heavy atom. The average molecular weight is 561 g/mol. The van der Waals surface area contributed by atoms with Crippen LogP contribution in [-0.4, -0.2) is 89.2 Å². The van der Waals surface area contributed by atoms with Crippen molar-refractivity contribution in [3.05, 3.63) is 24.3 Å². The van der Waals surface area contributed by atoms with Crippen LogP contribution in [0.5, 0.6) is 0 Å². The zero-order chi connectivity index (χ0) is 29.2. The highest BCUT2D eigenvalue weighted by molar-refractivity contribution is 5.87. The van der Waals surface area contributed by atoms with Crippen molar-refractivity contribution in [1.29, 1.82) is 0 Å². The number of carbonyl (C=O) groups is 4. The molecule has 0 atom stereocenters. The standard InChI is InChI=1S/C22H31F4NO11/c1-15(2)18(29)35-8-5-6-17(28)34-11-10-32-14-33-12-21(23,24)38-22(25,26)13-37-20(31)27-7-9-36-19(30)16(3)4/h1,3,5-14H2,2,4H3,(H,27,31). The minimum absolute atomic E-state index is 0.00539. The largest absolute Gasteiger partial charge is 0.463 e. The third-order valence-electron chi connectivity index (χ3n) is 3.66. The molecule has 218 valence electrons. The summed E-state index contributed by atoms with van der Waals surface area (Å²) in [5.74, 6) is -1.93. The average Bonchev–Trinajstić information content (AvgIpc) is 2.81. The molecule has 0 bridgehead atoms. The molecule has 12 nitrogen and oxygen atoms in total. The highest BCUT2D eigenvalue weighted by Gasteiger charge is 2.45. The Morgan fingerprint density at radius 3 is 1.92 bits per heavy atom. The van der Waals surface area contributed by atoms with Crippen LogP contribution in [0.1, 0.15) is 26.7 Å². The lowest BCUT2D eigenvalue weighted by molar-refractivity contribution is -0.393. The van der Waals surface area contributed by atoms with Crippen molar-refractivity contribution in [2.24, 2.45) is 0 Å².